The number of benzene rings is 2. The Hall–Kier alpha value is -3.15. The van der Waals surface area contributed by atoms with Gasteiger partial charge in [0, 0.05) is 37.3 Å². The molecule has 6 nitrogen and oxygen atoms in total. The van der Waals surface area contributed by atoms with E-state index in [1.54, 1.807) is 34.1 Å². The average molecular weight is 379 g/mol. The van der Waals surface area contributed by atoms with Gasteiger partial charge in [0.25, 0.3) is 11.8 Å². The third-order valence-electron chi connectivity index (χ3n) is 5.11. The van der Waals surface area contributed by atoms with Crippen LogP contribution in [0.1, 0.15) is 31.8 Å². The topological polar surface area (TPSA) is 69.7 Å². The molecular formula is C22H25N3O3. The van der Waals surface area contributed by atoms with E-state index in [0.29, 0.717) is 37.3 Å². The van der Waals surface area contributed by atoms with Gasteiger partial charge in [-0.2, -0.15) is 0 Å². The Morgan fingerprint density at radius 2 is 1.46 bits per heavy atom. The third kappa shape index (κ3) is 4.57. The molecule has 0 unspecified atom stereocenters. The molecule has 3 amide bonds. The highest BCUT2D eigenvalue weighted by Crippen LogP contribution is 2.13. The summed E-state index contributed by atoms with van der Waals surface area (Å²) < 4.78 is 0. The molecule has 146 valence electrons. The lowest BCUT2D eigenvalue weighted by molar-refractivity contribution is -0.131. The molecule has 1 N–H and O–H groups in total. The molecule has 0 aromatic heterocycles. The molecule has 3 rings (SSSR count). The maximum absolute atomic E-state index is 12.7. The molecule has 0 bridgehead atoms. The van der Waals surface area contributed by atoms with Crippen LogP contribution in [0.3, 0.4) is 0 Å². The van der Waals surface area contributed by atoms with Crippen molar-refractivity contribution in [3.05, 3.63) is 70.8 Å². The number of hydrogen-bond acceptors (Lipinski definition) is 3. The molecule has 1 saturated heterocycles. The molecule has 1 heterocycles. The molecule has 28 heavy (non-hydrogen) atoms. The Morgan fingerprint density at radius 1 is 0.821 bits per heavy atom. The summed E-state index contributed by atoms with van der Waals surface area (Å²) in [7, 11) is 0. The van der Waals surface area contributed by atoms with Crippen LogP contribution >= 0.6 is 0 Å². The van der Waals surface area contributed by atoms with Gasteiger partial charge in [-0.15, -0.1) is 0 Å². The molecule has 1 aliphatic rings. The molecule has 1 fully saturated rings. The highest BCUT2D eigenvalue weighted by molar-refractivity contribution is 5.96. The zero-order valence-electron chi connectivity index (χ0n) is 16.3. The molecule has 0 aliphatic carbocycles. The highest BCUT2D eigenvalue weighted by Gasteiger charge is 2.25. The zero-order chi connectivity index (χ0) is 20.1. The van der Waals surface area contributed by atoms with Crippen molar-refractivity contribution in [2.75, 3.05) is 32.7 Å². The minimum Gasteiger partial charge on any atom is -0.343 e. The van der Waals surface area contributed by atoms with E-state index in [-0.39, 0.29) is 24.3 Å². The van der Waals surface area contributed by atoms with Crippen molar-refractivity contribution >= 4 is 17.7 Å². The van der Waals surface area contributed by atoms with Gasteiger partial charge in [-0.1, -0.05) is 24.3 Å². The summed E-state index contributed by atoms with van der Waals surface area (Å²) >= 11 is 0. The Balaban J connectivity index is 1.49. The van der Waals surface area contributed by atoms with Crippen LogP contribution in [-0.4, -0.2) is 60.2 Å². The zero-order valence-corrected chi connectivity index (χ0v) is 16.3. The molecular weight excluding hydrogens is 354 g/mol. The normalized spacial score (nSPS) is 13.9. The summed E-state index contributed by atoms with van der Waals surface area (Å²) in [5.41, 5.74) is 3.45. The van der Waals surface area contributed by atoms with Gasteiger partial charge in [-0.25, -0.2) is 0 Å². The number of nitrogens with zero attached hydrogens (tertiary/aromatic N) is 2. The number of carbonyl (C=O) groups is 3. The first-order chi connectivity index (χ1) is 13.5. The molecule has 0 spiro atoms. The first kappa shape index (κ1) is 19.6. The SMILES string of the molecule is Cc1ccc(C(=O)N2CCN(C(=O)CNC(=O)c3ccccc3)CC2)cc1C. The average Bonchev–Trinajstić information content (AvgIpc) is 2.74. The minimum absolute atomic E-state index is 0.00687. The number of aryl methyl sites for hydroxylation is 2. The number of rotatable bonds is 4. The predicted molar refractivity (Wildman–Crippen MR) is 107 cm³/mol. The number of carbonyl (C=O) groups excluding carboxylic acids is 3. The number of nitrogens with one attached hydrogen (secondary N) is 1. The van der Waals surface area contributed by atoms with Crippen molar-refractivity contribution < 1.29 is 14.4 Å². The Labute approximate surface area is 165 Å². The summed E-state index contributed by atoms with van der Waals surface area (Å²) in [5.74, 6) is -0.410. The summed E-state index contributed by atoms with van der Waals surface area (Å²) in [4.78, 5) is 40.6. The van der Waals surface area contributed by atoms with Crippen LogP contribution in [0.5, 0.6) is 0 Å². The van der Waals surface area contributed by atoms with Gasteiger partial charge in [0.05, 0.1) is 6.54 Å². The molecule has 1 aliphatic heterocycles. The molecule has 2 aromatic rings. The van der Waals surface area contributed by atoms with Crippen molar-refractivity contribution in [3.63, 3.8) is 0 Å². The van der Waals surface area contributed by atoms with E-state index in [0.717, 1.165) is 11.1 Å². The lowest BCUT2D eigenvalue weighted by atomic mass is 10.1. The van der Waals surface area contributed by atoms with Crippen LogP contribution in [0.25, 0.3) is 0 Å². The van der Waals surface area contributed by atoms with Gasteiger partial charge in [-0.3, -0.25) is 14.4 Å². The van der Waals surface area contributed by atoms with E-state index in [2.05, 4.69) is 5.32 Å². The molecule has 6 heteroatoms. The number of amides is 3. The van der Waals surface area contributed by atoms with Gasteiger partial charge in [0.2, 0.25) is 5.91 Å². The summed E-state index contributed by atoms with van der Waals surface area (Å²) in [6, 6.07) is 14.5. The lowest BCUT2D eigenvalue weighted by Crippen LogP contribution is -2.52. The van der Waals surface area contributed by atoms with Crippen LogP contribution in [-0.2, 0) is 4.79 Å². The smallest absolute Gasteiger partial charge is 0.253 e. The monoisotopic (exact) mass is 379 g/mol. The van der Waals surface area contributed by atoms with Crippen molar-refractivity contribution in [2.45, 2.75) is 13.8 Å². The lowest BCUT2D eigenvalue weighted by Gasteiger charge is -2.35. The van der Waals surface area contributed by atoms with Gasteiger partial charge >= 0.3 is 0 Å². The first-order valence-corrected chi connectivity index (χ1v) is 9.43. The van der Waals surface area contributed by atoms with Crippen LogP contribution in [0, 0.1) is 13.8 Å². The standard InChI is InChI=1S/C22H25N3O3/c1-16-8-9-19(14-17(16)2)22(28)25-12-10-24(11-13-25)20(26)15-23-21(27)18-6-4-3-5-7-18/h3-9,14H,10-13,15H2,1-2H3,(H,23,27). The Bertz CT molecular complexity index is 872. The summed E-state index contributed by atoms with van der Waals surface area (Å²) in [6.07, 6.45) is 0. The molecule has 0 radical (unpaired) electrons. The third-order valence-corrected chi connectivity index (χ3v) is 5.11. The second-order valence-electron chi connectivity index (χ2n) is 7.02. The molecule has 0 saturated carbocycles. The largest absolute Gasteiger partial charge is 0.343 e. The van der Waals surface area contributed by atoms with Crippen molar-refractivity contribution in [1.82, 2.24) is 15.1 Å². The second-order valence-corrected chi connectivity index (χ2v) is 7.02. The van der Waals surface area contributed by atoms with Crippen LogP contribution < -0.4 is 5.32 Å². The van der Waals surface area contributed by atoms with Crippen LogP contribution in [0.2, 0.25) is 0 Å². The fourth-order valence-corrected chi connectivity index (χ4v) is 3.18. The van der Waals surface area contributed by atoms with E-state index in [4.69, 9.17) is 0 Å². The maximum atomic E-state index is 12.7. The Kier molecular flexibility index (Phi) is 6.09. The fraction of sp³-hybridized carbons (Fsp3) is 0.318. The van der Waals surface area contributed by atoms with Crippen molar-refractivity contribution in [1.29, 1.82) is 0 Å². The van der Waals surface area contributed by atoms with Crippen molar-refractivity contribution in [2.24, 2.45) is 0 Å². The summed E-state index contributed by atoms with van der Waals surface area (Å²) in [6.45, 7) is 5.89. The van der Waals surface area contributed by atoms with E-state index in [9.17, 15) is 14.4 Å². The second kappa shape index (κ2) is 8.69. The fourth-order valence-electron chi connectivity index (χ4n) is 3.18. The van der Waals surface area contributed by atoms with Gasteiger partial charge < -0.3 is 15.1 Å². The van der Waals surface area contributed by atoms with E-state index in [1.165, 1.54) is 0 Å². The van der Waals surface area contributed by atoms with Gasteiger partial charge in [0.1, 0.15) is 0 Å². The highest BCUT2D eigenvalue weighted by atomic mass is 16.2. The maximum Gasteiger partial charge on any atom is 0.253 e. The molecule has 0 atom stereocenters. The van der Waals surface area contributed by atoms with Crippen LogP contribution in [0.15, 0.2) is 48.5 Å². The van der Waals surface area contributed by atoms with Crippen LogP contribution in [0.4, 0.5) is 0 Å². The number of hydrogen-bond donors (Lipinski definition) is 1. The van der Waals surface area contributed by atoms with Crippen molar-refractivity contribution in [3.8, 4) is 0 Å². The van der Waals surface area contributed by atoms with Gasteiger partial charge in [-0.05, 0) is 49.2 Å². The Morgan fingerprint density at radius 3 is 2.11 bits per heavy atom. The summed E-state index contributed by atoms with van der Waals surface area (Å²) in [5, 5.41) is 2.66. The van der Waals surface area contributed by atoms with E-state index >= 15 is 0 Å². The quantitative estimate of drug-likeness (QED) is 0.884. The first-order valence-electron chi connectivity index (χ1n) is 9.43. The molecule has 2 aromatic carbocycles. The predicted octanol–water partition coefficient (Wildman–Crippen LogP) is 2.02. The van der Waals surface area contributed by atoms with Gasteiger partial charge in [0.15, 0.2) is 0 Å². The van der Waals surface area contributed by atoms with E-state index in [1.807, 2.05) is 38.1 Å². The number of piperazine rings is 1. The minimum atomic E-state index is -0.266. The van der Waals surface area contributed by atoms with E-state index < -0.39 is 0 Å².